The Bertz CT molecular complexity index is 1150. The van der Waals surface area contributed by atoms with Crippen LogP contribution in [-0.4, -0.2) is 33.3 Å². The van der Waals surface area contributed by atoms with Crippen molar-refractivity contribution in [2.45, 2.75) is 6.42 Å². The minimum Gasteiger partial charge on any atom is -0.362 e. The van der Waals surface area contributed by atoms with Crippen LogP contribution < -0.4 is 4.90 Å². The zero-order chi connectivity index (χ0) is 21.3. The average Bonchev–Trinajstić information content (AvgIpc) is 3.19. The van der Waals surface area contributed by atoms with Gasteiger partial charge in [-0.1, -0.05) is 18.2 Å². The van der Waals surface area contributed by atoms with E-state index in [-0.39, 0.29) is 28.7 Å². The lowest BCUT2D eigenvalue weighted by molar-refractivity contribution is -0.384. The maximum atomic E-state index is 13.1. The monoisotopic (exact) mass is 406 g/mol. The molecule has 152 valence electrons. The lowest BCUT2D eigenvalue weighted by Gasteiger charge is -2.28. The van der Waals surface area contributed by atoms with Crippen LogP contribution in [0.4, 0.5) is 15.8 Å². The summed E-state index contributed by atoms with van der Waals surface area (Å²) in [5.41, 5.74) is 2.59. The molecule has 4 rings (SSSR count). The fourth-order valence-corrected chi connectivity index (χ4v) is 3.61. The lowest BCUT2D eigenvalue weighted by atomic mass is 9.98. The zero-order valence-corrected chi connectivity index (χ0v) is 16.3. The van der Waals surface area contributed by atoms with E-state index in [9.17, 15) is 19.3 Å². The highest BCUT2D eigenvalue weighted by atomic mass is 19.1. The van der Waals surface area contributed by atoms with Gasteiger partial charge in [-0.15, -0.1) is 0 Å². The molecule has 3 aromatic rings. The Labute approximate surface area is 172 Å². The molecule has 0 N–H and O–H groups in total. The topological polar surface area (TPSA) is 81.3 Å². The first-order valence-corrected chi connectivity index (χ1v) is 9.44. The van der Waals surface area contributed by atoms with Gasteiger partial charge < -0.3 is 9.47 Å². The molecule has 2 heterocycles. The molecular weight excluding hydrogens is 387 g/mol. The summed E-state index contributed by atoms with van der Waals surface area (Å²) in [4.78, 5) is 29.8. The van der Waals surface area contributed by atoms with Gasteiger partial charge in [-0.3, -0.25) is 14.9 Å². The Hall–Kier alpha value is -3.81. The Morgan fingerprint density at radius 3 is 2.57 bits per heavy atom. The quantitative estimate of drug-likeness (QED) is 0.364. The van der Waals surface area contributed by atoms with Crippen LogP contribution in [0.3, 0.4) is 0 Å². The van der Waals surface area contributed by atoms with Gasteiger partial charge in [0, 0.05) is 44.2 Å². The summed E-state index contributed by atoms with van der Waals surface area (Å²) in [6.45, 7) is 1.07. The summed E-state index contributed by atoms with van der Waals surface area (Å²) < 4.78 is 14.7. The van der Waals surface area contributed by atoms with E-state index in [2.05, 4.69) is 4.98 Å². The fourth-order valence-electron chi connectivity index (χ4n) is 3.61. The standard InChI is InChI=1S/C22H19FN4O3/c1-25-13-10-24-22(25)21(28)17-4-7-19(20(14-17)27(29)30)26-11-8-16(9-12-26)15-2-5-18(23)6-3-15/h2-8,10,13-14H,9,11-12H2,1H3. The van der Waals surface area contributed by atoms with E-state index in [0.717, 1.165) is 11.1 Å². The summed E-state index contributed by atoms with van der Waals surface area (Å²) in [5, 5.41) is 11.7. The van der Waals surface area contributed by atoms with Gasteiger partial charge in [-0.05, 0) is 41.8 Å². The molecule has 0 saturated heterocycles. The third-order valence-corrected chi connectivity index (χ3v) is 5.22. The van der Waals surface area contributed by atoms with E-state index in [4.69, 9.17) is 0 Å². The van der Waals surface area contributed by atoms with Gasteiger partial charge in [0.25, 0.3) is 5.69 Å². The molecule has 0 amide bonds. The van der Waals surface area contributed by atoms with E-state index in [1.807, 2.05) is 11.0 Å². The predicted octanol–water partition coefficient (Wildman–Crippen LogP) is 3.99. The van der Waals surface area contributed by atoms with Crippen LogP contribution >= 0.6 is 0 Å². The zero-order valence-electron chi connectivity index (χ0n) is 16.3. The molecular formula is C22H19FN4O3. The number of aromatic nitrogens is 2. The van der Waals surface area contributed by atoms with Crippen molar-refractivity contribution in [1.82, 2.24) is 9.55 Å². The minimum absolute atomic E-state index is 0.117. The number of imidazole rings is 1. The van der Waals surface area contributed by atoms with Crippen molar-refractivity contribution in [2.24, 2.45) is 7.05 Å². The molecule has 0 fully saturated rings. The smallest absolute Gasteiger partial charge is 0.293 e. The van der Waals surface area contributed by atoms with Crippen LogP contribution in [0.2, 0.25) is 0 Å². The van der Waals surface area contributed by atoms with Crippen molar-refractivity contribution in [2.75, 3.05) is 18.0 Å². The van der Waals surface area contributed by atoms with Crippen molar-refractivity contribution >= 4 is 22.7 Å². The molecule has 0 aliphatic carbocycles. The first kappa shape index (κ1) is 19.5. The number of carbonyl (C=O) groups excluding carboxylic acids is 1. The molecule has 0 bridgehead atoms. The number of anilines is 1. The first-order valence-electron chi connectivity index (χ1n) is 9.44. The Kier molecular flexibility index (Phi) is 5.14. The largest absolute Gasteiger partial charge is 0.362 e. The molecule has 1 aliphatic rings. The molecule has 8 heteroatoms. The highest BCUT2D eigenvalue weighted by molar-refractivity contribution is 6.07. The highest BCUT2D eigenvalue weighted by Gasteiger charge is 2.25. The van der Waals surface area contributed by atoms with Crippen LogP contribution in [0.15, 0.2) is 60.9 Å². The second-order valence-electron chi connectivity index (χ2n) is 7.08. The van der Waals surface area contributed by atoms with Gasteiger partial charge in [-0.25, -0.2) is 9.37 Å². The third-order valence-electron chi connectivity index (χ3n) is 5.22. The van der Waals surface area contributed by atoms with Gasteiger partial charge in [0.2, 0.25) is 5.78 Å². The second-order valence-corrected chi connectivity index (χ2v) is 7.08. The number of aryl methyl sites for hydroxylation is 1. The molecule has 1 aromatic heterocycles. The second kappa shape index (κ2) is 7.90. The number of hydrogen-bond donors (Lipinski definition) is 0. The summed E-state index contributed by atoms with van der Waals surface area (Å²) in [5.74, 6) is -0.427. The number of nitrogens with zero attached hydrogens (tertiary/aromatic N) is 4. The predicted molar refractivity (Wildman–Crippen MR) is 111 cm³/mol. The average molecular weight is 406 g/mol. The number of benzene rings is 2. The van der Waals surface area contributed by atoms with Crippen molar-refractivity contribution in [3.05, 3.63) is 93.8 Å². The van der Waals surface area contributed by atoms with Crippen molar-refractivity contribution < 1.29 is 14.1 Å². The lowest BCUT2D eigenvalue weighted by Crippen LogP contribution is -2.29. The maximum Gasteiger partial charge on any atom is 0.293 e. The summed E-state index contributed by atoms with van der Waals surface area (Å²) >= 11 is 0. The number of nitro benzene ring substituents is 1. The fraction of sp³-hybridized carbons (Fsp3) is 0.182. The van der Waals surface area contributed by atoms with Gasteiger partial charge >= 0.3 is 0 Å². The summed E-state index contributed by atoms with van der Waals surface area (Å²) in [6, 6.07) is 10.8. The van der Waals surface area contributed by atoms with Crippen LogP contribution in [0.5, 0.6) is 0 Å². The molecule has 0 spiro atoms. The Morgan fingerprint density at radius 2 is 1.97 bits per heavy atom. The van der Waals surface area contributed by atoms with Crippen molar-refractivity contribution in [1.29, 1.82) is 0 Å². The molecule has 0 radical (unpaired) electrons. The number of carbonyl (C=O) groups is 1. The number of ketones is 1. The van der Waals surface area contributed by atoms with Gasteiger partial charge in [0.15, 0.2) is 5.82 Å². The van der Waals surface area contributed by atoms with Gasteiger partial charge in [0.05, 0.1) is 4.92 Å². The van der Waals surface area contributed by atoms with Crippen LogP contribution in [0.25, 0.3) is 5.57 Å². The SMILES string of the molecule is Cn1ccnc1C(=O)c1ccc(N2CC=C(c3ccc(F)cc3)CC2)c([N+](=O)[O-])c1. The Balaban J connectivity index is 1.60. The number of rotatable bonds is 5. The van der Waals surface area contributed by atoms with E-state index >= 15 is 0 Å². The summed E-state index contributed by atoms with van der Waals surface area (Å²) in [7, 11) is 1.70. The van der Waals surface area contributed by atoms with Gasteiger partial charge in [-0.2, -0.15) is 0 Å². The van der Waals surface area contributed by atoms with Crippen molar-refractivity contribution in [3.63, 3.8) is 0 Å². The molecule has 0 unspecified atom stereocenters. The van der Waals surface area contributed by atoms with Crippen LogP contribution in [0.1, 0.15) is 28.2 Å². The van der Waals surface area contributed by atoms with E-state index in [0.29, 0.717) is 25.2 Å². The first-order chi connectivity index (χ1) is 14.4. The minimum atomic E-state index is -0.469. The van der Waals surface area contributed by atoms with E-state index in [1.54, 1.807) is 42.1 Å². The summed E-state index contributed by atoms with van der Waals surface area (Å²) in [6.07, 6.45) is 5.83. The molecule has 30 heavy (non-hydrogen) atoms. The van der Waals surface area contributed by atoms with Gasteiger partial charge in [0.1, 0.15) is 11.5 Å². The van der Waals surface area contributed by atoms with E-state index < -0.39 is 4.92 Å². The maximum absolute atomic E-state index is 13.1. The van der Waals surface area contributed by atoms with Crippen molar-refractivity contribution in [3.8, 4) is 0 Å². The van der Waals surface area contributed by atoms with Crippen LogP contribution in [0, 0.1) is 15.9 Å². The molecule has 0 atom stereocenters. The number of hydrogen-bond acceptors (Lipinski definition) is 5. The van der Waals surface area contributed by atoms with Crippen LogP contribution in [-0.2, 0) is 7.05 Å². The molecule has 7 nitrogen and oxygen atoms in total. The van der Waals surface area contributed by atoms with E-state index in [1.165, 1.54) is 24.4 Å². The third kappa shape index (κ3) is 3.71. The molecule has 2 aromatic carbocycles. The molecule has 0 saturated carbocycles. The normalized spacial score (nSPS) is 13.8. The Morgan fingerprint density at radius 1 is 1.20 bits per heavy atom. The number of nitro groups is 1. The highest BCUT2D eigenvalue weighted by Crippen LogP contribution is 2.33. The number of halogens is 1. The molecule has 1 aliphatic heterocycles.